The summed E-state index contributed by atoms with van der Waals surface area (Å²) < 4.78 is 7.93. The lowest BCUT2D eigenvalue weighted by molar-refractivity contribution is -0.114. The first-order valence-corrected chi connectivity index (χ1v) is 12.6. The Morgan fingerprint density at radius 2 is 1.97 bits per heavy atom. The van der Waals surface area contributed by atoms with Crippen LogP contribution in [0.25, 0.3) is 0 Å². The number of carbonyl (C=O) groups is 1. The predicted octanol–water partition coefficient (Wildman–Crippen LogP) is 5.53. The zero-order valence-corrected chi connectivity index (χ0v) is 20.9. The number of pyridine rings is 1. The smallest absolute Gasteiger partial charge is 0.221 e. The molecule has 0 bridgehead atoms. The normalized spacial score (nSPS) is 20.5. The van der Waals surface area contributed by atoms with E-state index in [1.165, 1.54) is 44.7 Å². The van der Waals surface area contributed by atoms with Gasteiger partial charge in [0.2, 0.25) is 5.91 Å². The van der Waals surface area contributed by atoms with Gasteiger partial charge in [0, 0.05) is 36.7 Å². The van der Waals surface area contributed by atoms with Gasteiger partial charge in [-0.3, -0.25) is 9.78 Å². The summed E-state index contributed by atoms with van der Waals surface area (Å²) in [4.78, 5) is 18.7. The zero-order chi connectivity index (χ0) is 24.4. The SMILES string of the molecule is COc1ccc(N2C(=S)N[C@H](c3ccccn3)[C@@H]2c2cccn2C2CCCCC2)cc1NC(C)=O. The van der Waals surface area contributed by atoms with Gasteiger partial charge in [0.25, 0.3) is 0 Å². The van der Waals surface area contributed by atoms with Crippen LogP contribution in [0, 0.1) is 0 Å². The Kier molecular flexibility index (Phi) is 6.72. The van der Waals surface area contributed by atoms with E-state index in [0.29, 0.717) is 22.6 Å². The number of aromatic nitrogens is 2. The van der Waals surface area contributed by atoms with E-state index in [4.69, 9.17) is 17.0 Å². The number of anilines is 2. The lowest BCUT2D eigenvalue weighted by Crippen LogP contribution is -2.31. The highest BCUT2D eigenvalue weighted by Gasteiger charge is 2.42. The van der Waals surface area contributed by atoms with Crippen LogP contribution in [0.2, 0.25) is 0 Å². The summed E-state index contributed by atoms with van der Waals surface area (Å²) in [6.45, 7) is 1.49. The molecule has 0 unspecified atom stereocenters. The molecular weight excluding hydrogens is 458 g/mol. The molecule has 2 aliphatic rings. The molecule has 8 heteroatoms. The highest BCUT2D eigenvalue weighted by atomic mass is 32.1. The second-order valence-corrected chi connectivity index (χ2v) is 9.58. The molecular formula is C27H31N5O2S. The number of amides is 1. The molecule has 1 aliphatic heterocycles. The number of methoxy groups -OCH3 is 1. The Labute approximate surface area is 211 Å². The second kappa shape index (κ2) is 10.1. The van der Waals surface area contributed by atoms with Crippen molar-refractivity contribution < 1.29 is 9.53 Å². The van der Waals surface area contributed by atoms with E-state index in [0.717, 1.165) is 11.4 Å². The zero-order valence-electron chi connectivity index (χ0n) is 20.1. The molecule has 1 saturated carbocycles. The van der Waals surface area contributed by atoms with E-state index in [1.807, 2.05) is 42.6 Å². The minimum absolute atomic E-state index is 0.104. The molecule has 7 nitrogen and oxygen atoms in total. The molecule has 5 rings (SSSR count). The Morgan fingerprint density at radius 3 is 2.69 bits per heavy atom. The Hall–Kier alpha value is -3.39. The second-order valence-electron chi connectivity index (χ2n) is 9.19. The number of carbonyl (C=O) groups excluding carboxylic acids is 1. The van der Waals surface area contributed by atoms with Gasteiger partial charge < -0.3 is 24.8 Å². The van der Waals surface area contributed by atoms with Gasteiger partial charge in [-0.2, -0.15) is 0 Å². The van der Waals surface area contributed by atoms with E-state index in [9.17, 15) is 4.79 Å². The van der Waals surface area contributed by atoms with Crippen LogP contribution in [-0.4, -0.2) is 27.7 Å². The number of nitrogens with zero attached hydrogens (tertiary/aromatic N) is 3. The number of hydrogen-bond acceptors (Lipinski definition) is 4. The number of thiocarbonyl (C=S) groups is 1. The largest absolute Gasteiger partial charge is 0.495 e. The summed E-state index contributed by atoms with van der Waals surface area (Å²) in [6.07, 6.45) is 10.2. The van der Waals surface area contributed by atoms with Crippen molar-refractivity contribution in [2.24, 2.45) is 0 Å². The van der Waals surface area contributed by atoms with Crippen LogP contribution >= 0.6 is 12.2 Å². The molecule has 0 spiro atoms. The monoisotopic (exact) mass is 489 g/mol. The van der Waals surface area contributed by atoms with Crippen molar-refractivity contribution in [2.75, 3.05) is 17.3 Å². The average molecular weight is 490 g/mol. The summed E-state index contributed by atoms with van der Waals surface area (Å²) in [5, 5.41) is 7.05. The fourth-order valence-corrected chi connectivity index (χ4v) is 5.76. The minimum atomic E-state index is -0.156. The van der Waals surface area contributed by atoms with Crippen LogP contribution in [0.5, 0.6) is 5.75 Å². The molecule has 2 N–H and O–H groups in total. The molecule has 3 aromatic rings. The number of rotatable bonds is 6. The third-order valence-electron chi connectivity index (χ3n) is 6.95. The summed E-state index contributed by atoms with van der Waals surface area (Å²) in [6, 6.07) is 16.4. The number of hydrogen-bond donors (Lipinski definition) is 2. The van der Waals surface area contributed by atoms with Gasteiger partial charge in [-0.05, 0) is 67.5 Å². The van der Waals surface area contributed by atoms with Gasteiger partial charge in [-0.1, -0.05) is 25.3 Å². The molecule has 1 saturated heterocycles. The third kappa shape index (κ3) is 4.62. The molecule has 2 fully saturated rings. The van der Waals surface area contributed by atoms with Crippen molar-refractivity contribution in [1.82, 2.24) is 14.9 Å². The maximum absolute atomic E-state index is 11.9. The van der Waals surface area contributed by atoms with Gasteiger partial charge in [-0.15, -0.1) is 0 Å². The van der Waals surface area contributed by atoms with E-state index in [2.05, 4.69) is 43.4 Å². The van der Waals surface area contributed by atoms with Gasteiger partial charge in [0.15, 0.2) is 5.11 Å². The fourth-order valence-electron chi connectivity index (χ4n) is 5.42. The molecule has 182 valence electrons. The first-order valence-electron chi connectivity index (χ1n) is 12.2. The molecule has 2 aromatic heterocycles. The van der Waals surface area contributed by atoms with Gasteiger partial charge in [0.05, 0.1) is 24.5 Å². The van der Waals surface area contributed by atoms with Crippen LogP contribution in [-0.2, 0) is 4.79 Å². The van der Waals surface area contributed by atoms with Crippen molar-refractivity contribution in [3.63, 3.8) is 0 Å². The Bertz CT molecular complexity index is 1210. The van der Waals surface area contributed by atoms with Crippen LogP contribution in [0.3, 0.4) is 0 Å². The highest BCUT2D eigenvalue weighted by molar-refractivity contribution is 7.80. The molecule has 1 amide bonds. The Balaban J connectivity index is 1.61. The van der Waals surface area contributed by atoms with E-state index < -0.39 is 0 Å². The highest BCUT2D eigenvalue weighted by Crippen LogP contribution is 2.44. The van der Waals surface area contributed by atoms with Crippen molar-refractivity contribution in [3.8, 4) is 5.75 Å². The number of nitrogens with one attached hydrogen (secondary N) is 2. The van der Waals surface area contributed by atoms with Crippen LogP contribution in [0.4, 0.5) is 11.4 Å². The fraction of sp³-hybridized carbons (Fsp3) is 0.370. The molecule has 2 atom stereocenters. The molecule has 1 aliphatic carbocycles. The van der Waals surface area contributed by atoms with Crippen LogP contribution in [0.1, 0.15) is 68.5 Å². The van der Waals surface area contributed by atoms with Gasteiger partial charge in [-0.25, -0.2) is 0 Å². The topological polar surface area (TPSA) is 71.4 Å². The van der Waals surface area contributed by atoms with Crippen LogP contribution in [0.15, 0.2) is 60.9 Å². The first kappa shape index (κ1) is 23.4. The van der Waals surface area contributed by atoms with Crippen molar-refractivity contribution in [2.45, 2.75) is 57.2 Å². The molecule has 1 aromatic carbocycles. The van der Waals surface area contributed by atoms with E-state index in [1.54, 1.807) is 7.11 Å². The van der Waals surface area contributed by atoms with E-state index >= 15 is 0 Å². The van der Waals surface area contributed by atoms with Crippen molar-refractivity contribution in [3.05, 3.63) is 72.3 Å². The summed E-state index contributed by atoms with van der Waals surface area (Å²) in [5.74, 6) is 0.446. The van der Waals surface area contributed by atoms with Crippen LogP contribution < -0.4 is 20.3 Å². The number of ether oxygens (including phenoxy) is 1. The lowest BCUT2D eigenvalue weighted by atomic mass is 9.94. The van der Waals surface area contributed by atoms with Crippen molar-refractivity contribution >= 4 is 34.6 Å². The quantitative estimate of drug-likeness (QED) is 0.444. The minimum Gasteiger partial charge on any atom is -0.495 e. The summed E-state index contributed by atoms with van der Waals surface area (Å²) in [7, 11) is 1.60. The molecule has 3 heterocycles. The van der Waals surface area contributed by atoms with Gasteiger partial charge in [0.1, 0.15) is 11.8 Å². The standard InChI is InChI=1S/C27H31N5O2S/c1-18(33)29-22-17-20(13-14-24(22)34-2)32-26(25(30-27(32)35)21-11-6-7-15-28-21)23-12-8-16-31(23)19-9-4-3-5-10-19/h6-8,11-17,19,25-26H,3-5,9-10H2,1-2H3,(H,29,33)(H,30,35)/t25-,26+/m1/s1. The van der Waals surface area contributed by atoms with Crippen molar-refractivity contribution in [1.29, 1.82) is 0 Å². The Morgan fingerprint density at radius 1 is 1.14 bits per heavy atom. The lowest BCUT2D eigenvalue weighted by Gasteiger charge is -2.32. The summed E-state index contributed by atoms with van der Waals surface area (Å²) in [5.41, 5.74) is 3.64. The molecule has 0 radical (unpaired) electrons. The summed E-state index contributed by atoms with van der Waals surface area (Å²) >= 11 is 5.90. The van der Waals surface area contributed by atoms with Gasteiger partial charge >= 0.3 is 0 Å². The maximum atomic E-state index is 11.9. The van der Waals surface area contributed by atoms with E-state index in [-0.39, 0.29) is 18.0 Å². The predicted molar refractivity (Wildman–Crippen MR) is 142 cm³/mol. The third-order valence-corrected chi connectivity index (χ3v) is 7.27. The number of benzene rings is 1. The average Bonchev–Trinajstić information content (AvgIpc) is 3.49. The molecule has 35 heavy (non-hydrogen) atoms. The maximum Gasteiger partial charge on any atom is 0.221 e. The first-order chi connectivity index (χ1) is 17.1.